The largest absolute Gasteiger partial charge is 0.508 e. The van der Waals surface area contributed by atoms with Gasteiger partial charge in [0.15, 0.2) is 0 Å². The Morgan fingerprint density at radius 1 is 1.48 bits per heavy atom. The van der Waals surface area contributed by atoms with E-state index in [1.807, 2.05) is 6.92 Å². The van der Waals surface area contributed by atoms with E-state index in [2.05, 4.69) is 0 Å². The fourth-order valence-electron chi connectivity index (χ4n) is 2.77. The first-order valence-corrected chi connectivity index (χ1v) is 7.31. The molecule has 1 heterocycles. The van der Waals surface area contributed by atoms with Crippen LogP contribution in [0.25, 0.3) is 0 Å². The minimum Gasteiger partial charge on any atom is -0.508 e. The van der Waals surface area contributed by atoms with Crippen molar-refractivity contribution >= 4 is 5.91 Å². The van der Waals surface area contributed by atoms with Crippen LogP contribution in [0.3, 0.4) is 0 Å². The van der Waals surface area contributed by atoms with E-state index in [4.69, 9.17) is 10.5 Å². The summed E-state index contributed by atoms with van der Waals surface area (Å²) in [5, 5.41) is 9.27. The monoisotopic (exact) mass is 292 g/mol. The number of likely N-dealkylation sites (tertiary alicyclic amines) is 1. The van der Waals surface area contributed by atoms with E-state index < -0.39 is 6.04 Å². The maximum absolute atomic E-state index is 12.5. The van der Waals surface area contributed by atoms with Crippen LogP contribution in [-0.2, 0) is 16.0 Å². The minimum absolute atomic E-state index is 0.0361. The molecular weight excluding hydrogens is 268 g/mol. The average molecular weight is 292 g/mol. The number of piperidine rings is 1. The lowest BCUT2D eigenvalue weighted by molar-refractivity contribution is -0.140. The van der Waals surface area contributed by atoms with Gasteiger partial charge in [-0.25, -0.2) is 0 Å². The summed E-state index contributed by atoms with van der Waals surface area (Å²) in [6.07, 6.45) is 2.36. The molecule has 3 N–H and O–H groups in total. The maximum atomic E-state index is 12.5. The standard InChI is InChI=1S/C16H24N2O3/c1-16(21-2)8-3-9-18(11-16)15(20)14(17)10-12-4-6-13(19)7-5-12/h4-7,14,19H,3,8-11,17H2,1-2H3/t14-,16?/m0/s1. The number of hydrogen-bond donors (Lipinski definition) is 2. The van der Waals surface area contributed by atoms with Gasteiger partial charge in [0, 0.05) is 20.2 Å². The Bertz CT molecular complexity index is 489. The number of benzene rings is 1. The fraction of sp³-hybridized carbons (Fsp3) is 0.562. The van der Waals surface area contributed by atoms with Crippen LogP contribution >= 0.6 is 0 Å². The SMILES string of the molecule is COC1(C)CCCN(C(=O)[C@@H](N)Cc2ccc(O)cc2)C1. The summed E-state index contributed by atoms with van der Waals surface area (Å²) in [5.41, 5.74) is 6.73. The molecule has 2 atom stereocenters. The van der Waals surface area contributed by atoms with Gasteiger partial charge in [0.2, 0.25) is 5.91 Å². The van der Waals surface area contributed by atoms with Crippen LogP contribution in [0, 0.1) is 0 Å². The second kappa shape index (κ2) is 6.45. The summed E-state index contributed by atoms with van der Waals surface area (Å²) in [6, 6.07) is 6.23. The van der Waals surface area contributed by atoms with Gasteiger partial charge >= 0.3 is 0 Å². The van der Waals surface area contributed by atoms with Gasteiger partial charge in [-0.2, -0.15) is 0 Å². The van der Waals surface area contributed by atoms with Crippen molar-refractivity contribution in [1.29, 1.82) is 0 Å². The summed E-state index contributed by atoms with van der Waals surface area (Å²) in [7, 11) is 1.68. The van der Waals surface area contributed by atoms with Gasteiger partial charge in [0.05, 0.1) is 11.6 Å². The molecule has 1 aromatic carbocycles. The molecule has 1 saturated heterocycles. The third-order valence-corrected chi connectivity index (χ3v) is 4.17. The van der Waals surface area contributed by atoms with Crippen molar-refractivity contribution in [3.63, 3.8) is 0 Å². The molecule has 0 bridgehead atoms. The molecule has 5 nitrogen and oxygen atoms in total. The molecule has 5 heteroatoms. The molecule has 0 aliphatic carbocycles. The number of carbonyl (C=O) groups excluding carboxylic acids is 1. The highest BCUT2D eigenvalue weighted by Crippen LogP contribution is 2.24. The van der Waals surface area contributed by atoms with Crippen LogP contribution in [0.4, 0.5) is 0 Å². The topological polar surface area (TPSA) is 75.8 Å². The van der Waals surface area contributed by atoms with Gasteiger partial charge < -0.3 is 20.5 Å². The van der Waals surface area contributed by atoms with Gasteiger partial charge in [-0.1, -0.05) is 12.1 Å². The predicted octanol–water partition coefficient (Wildman–Crippen LogP) is 1.29. The number of carbonyl (C=O) groups is 1. The van der Waals surface area contributed by atoms with Crippen LogP contribution in [-0.4, -0.2) is 47.8 Å². The van der Waals surface area contributed by atoms with E-state index in [-0.39, 0.29) is 17.3 Å². The van der Waals surface area contributed by atoms with E-state index in [1.165, 1.54) is 0 Å². The summed E-state index contributed by atoms with van der Waals surface area (Å²) in [6.45, 7) is 3.35. The van der Waals surface area contributed by atoms with Gasteiger partial charge in [-0.05, 0) is 43.9 Å². The number of ether oxygens (including phenoxy) is 1. The number of phenolic OH excluding ortho intramolecular Hbond substituents is 1. The number of nitrogens with two attached hydrogens (primary N) is 1. The van der Waals surface area contributed by atoms with Gasteiger partial charge in [0.25, 0.3) is 0 Å². The summed E-state index contributed by atoms with van der Waals surface area (Å²) in [5.74, 6) is 0.177. The number of aromatic hydroxyl groups is 1. The number of rotatable bonds is 4. The summed E-state index contributed by atoms with van der Waals surface area (Å²) >= 11 is 0. The molecule has 1 unspecified atom stereocenters. The molecule has 21 heavy (non-hydrogen) atoms. The van der Waals surface area contributed by atoms with Crippen LogP contribution in [0.5, 0.6) is 5.75 Å². The Kier molecular flexibility index (Phi) is 4.85. The second-order valence-corrected chi connectivity index (χ2v) is 5.99. The van der Waals surface area contributed by atoms with Gasteiger partial charge in [-0.15, -0.1) is 0 Å². The van der Waals surface area contributed by atoms with E-state index in [1.54, 1.807) is 36.3 Å². The molecule has 1 aliphatic rings. The molecule has 116 valence electrons. The Labute approximate surface area is 125 Å². The molecule has 0 radical (unpaired) electrons. The van der Waals surface area contributed by atoms with E-state index in [0.29, 0.717) is 13.0 Å². The van der Waals surface area contributed by atoms with Crippen molar-refractivity contribution in [2.45, 2.75) is 37.8 Å². The minimum atomic E-state index is -0.561. The third-order valence-electron chi connectivity index (χ3n) is 4.17. The molecule has 0 aromatic heterocycles. The highest BCUT2D eigenvalue weighted by molar-refractivity contribution is 5.82. The lowest BCUT2D eigenvalue weighted by atomic mass is 9.94. The number of hydrogen-bond acceptors (Lipinski definition) is 4. The van der Waals surface area contributed by atoms with Crippen molar-refractivity contribution in [2.75, 3.05) is 20.2 Å². The predicted molar refractivity (Wildman–Crippen MR) is 81.0 cm³/mol. The molecule has 1 aliphatic heterocycles. The maximum Gasteiger partial charge on any atom is 0.239 e. The van der Waals surface area contributed by atoms with Crippen LogP contribution < -0.4 is 5.73 Å². The van der Waals surface area contributed by atoms with Crippen LogP contribution in [0.1, 0.15) is 25.3 Å². The fourth-order valence-corrected chi connectivity index (χ4v) is 2.77. The highest BCUT2D eigenvalue weighted by Gasteiger charge is 2.34. The van der Waals surface area contributed by atoms with Crippen molar-refractivity contribution in [3.8, 4) is 5.75 Å². The molecule has 0 saturated carbocycles. The lowest BCUT2D eigenvalue weighted by Gasteiger charge is -2.40. The second-order valence-electron chi connectivity index (χ2n) is 5.99. The first-order chi connectivity index (χ1) is 9.93. The zero-order valence-corrected chi connectivity index (χ0v) is 12.7. The number of methoxy groups -OCH3 is 1. The molecule has 1 amide bonds. The van der Waals surface area contributed by atoms with Gasteiger partial charge in [-0.3, -0.25) is 4.79 Å². The Morgan fingerprint density at radius 2 is 2.14 bits per heavy atom. The van der Waals surface area contributed by atoms with Crippen molar-refractivity contribution < 1.29 is 14.6 Å². The van der Waals surface area contributed by atoms with Crippen molar-refractivity contribution in [1.82, 2.24) is 4.90 Å². The first-order valence-electron chi connectivity index (χ1n) is 7.31. The zero-order valence-electron chi connectivity index (χ0n) is 12.7. The van der Waals surface area contributed by atoms with E-state index in [0.717, 1.165) is 24.9 Å². The smallest absolute Gasteiger partial charge is 0.239 e. The van der Waals surface area contributed by atoms with Crippen LogP contribution in [0.2, 0.25) is 0 Å². The lowest BCUT2D eigenvalue weighted by Crippen LogP contribution is -2.54. The zero-order chi connectivity index (χ0) is 15.5. The number of phenols is 1. The van der Waals surface area contributed by atoms with Crippen molar-refractivity contribution in [2.24, 2.45) is 5.73 Å². The highest BCUT2D eigenvalue weighted by atomic mass is 16.5. The molecule has 0 spiro atoms. The number of amides is 1. The number of nitrogens with zero attached hydrogens (tertiary/aromatic N) is 1. The van der Waals surface area contributed by atoms with E-state index in [9.17, 15) is 9.90 Å². The molecule has 2 rings (SSSR count). The molecular formula is C16H24N2O3. The summed E-state index contributed by atoms with van der Waals surface area (Å²) < 4.78 is 5.51. The first kappa shape index (κ1) is 15.8. The molecule has 1 fully saturated rings. The third kappa shape index (κ3) is 3.95. The van der Waals surface area contributed by atoms with Gasteiger partial charge in [0.1, 0.15) is 5.75 Å². The van der Waals surface area contributed by atoms with Crippen molar-refractivity contribution in [3.05, 3.63) is 29.8 Å². The van der Waals surface area contributed by atoms with E-state index >= 15 is 0 Å². The normalized spacial score (nSPS) is 23.9. The quantitative estimate of drug-likeness (QED) is 0.877. The molecule has 1 aromatic rings. The van der Waals surface area contributed by atoms with Crippen LogP contribution in [0.15, 0.2) is 24.3 Å². The Hall–Kier alpha value is -1.59. The Morgan fingerprint density at radius 3 is 2.76 bits per heavy atom. The summed E-state index contributed by atoms with van der Waals surface area (Å²) in [4.78, 5) is 14.3. The Balaban J connectivity index is 1.97. The average Bonchev–Trinajstić information content (AvgIpc) is 2.49.